The molecule has 4 aliphatic rings. The molecule has 3 N–H and O–H groups in total. The van der Waals surface area contributed by atoms with Gasteiger partial charge in [0.25, 0.3) is 5.91 Å². The second-order valence-corrected chi connectivity index (χ2v) is 13.3. The molecule has 3 atom stereocenters. The molecule has 0 radical (unpaired) electrons. The fourth-order valence-corrected chi connectivity index (χ4v) is 7.87. The van der Waals surface area contributed by atoms with Crippen molar-refractivity contribution in [1.82, 2.24) is 24.0 Å². The zero-order chi connectivity index (χ0) is 30.6. The predicted octanol–water partition coefficient (Wildman–Crippen LogP) is 4.73. The fourth-order valence-electron chi connectivity index (χ4n) is 7.87. The highest BCUT2D eigenvalue weighted by molar-refractivity contribution is 6.01. The van der Waals surface area contributed by atoms with Crippen molar-refractivity contribution in [1.29, 1.82) is 0 Å². The van der Waals surface area contributed by atoms with Crippen LogP contribution in [0.3, 0.4) is 0 Å². The van der Waals surface area contributed by atoms with E-state index in [4.69, 9.17) is 20.4 Å². The third kappa shape index (κ3) is 4.11. The van der Waals surface area contributed by atoms with Gasteiger partial charge in [-0.05, 0) is 85.5 Å². The molecule has 2 aromatic carbocycles. The van der Waals surface area contributed by atoms with Gasteiger partial charge in [0.1, 0.15) is 16.9 Å². The molecule has 5 heterocycles. The summed E-state index contributed by atoms with van der Waals surface area (Å²) < 4.78 is 10.2. The maximum atomic E-state index is 13.7. The Hall–Kier alpha value is -4.70. The number of aromatic nitrogens is 4. The van der Waals surface area contributed by atoms with Gasteiger partial charge in [-0.15, -0.1) is 0 Å². The summed E-state index contributed by atoms with van der Waals surface area (Å²) in [4.78, 5) is 37.9. The van der Waals surface area contributed by atoms with E-state index in [-0.39, 0.29) is 23.9 Å². The first-order valence-electron chi connectivity index (χ1n) is 15.9. The molecule has 9 rings (SSSR count). The number of amides is 2. The number of methoxy groups -OCH3 is 1. The van der Waals surface area contributed by atoms with Crippen molar-refractivity contribution in [2.75, 3.05) is 19.0 Å². The summed E-state index contributed by atoms with van der Waals surface area (Å²) in [5.74, 6) is 2.45. The number of carbonyl (C=O) groups is 2. The maximum Gasteiger partial charge on any atom is 0.254 e. The smallest absolute Gasteiger partial charge is 0.254 e. The number of likely N-dealkylation sites (tertiary alicyclic amines) is 1. The van der Waals surface area contributed by atoms with Crippen LogP contribution in [0.25, 0.3) is 44.8 Å². The van der Waals surface area contributed by atoms with Crippen LogP contribution in [-0.4, -0.2) is 61.6 Å². The number of anilines is 1. The fraction of sp³-hybridized carbons (Fsp3) is 0.371. The quantitative estimate of drug-likeness (QED) is 0.290. The van der Waals surface area contributed by atoms with Gasteiger partial charge in [-0.1, -0.05) is 6.07 Å². The van der Waals surface area contributed by atoms with Gasteiger partial charge in [0.05, 0.1) is 30.4 Å². The Morgan fingerprint density at radius 2 is 1.93 bits per heavy atom. The van der Waals surface area contributed by atoms with Crippen LogP contribution < -0.4 is 15.8 Å². The van der Waals surface area contributed by atoms with E-state index >= 15 is 0 Å². The standard InChI is InChI=1S/C35H35N7O3/c1-40-32-26(12-23(14-29(32)45-2)35(44)42-17-21-7-10-27(42)31(21)36)39-34(40)28-13-20-6-9-24(38-33(20)41(28)16-18-3-4-18)19-5-8-25-22(11-19)15-30(43)37-25/h5-6,8-9,11-14,18,21,27,31H,3-4,7,10,15-17,36H2,1-2H3,(H,37,43)/t21?,27?,31-/m1/s1. The minimum absolute atomic E-state index is 0.00340. The molecule has 2 saturated carbocycles. The van der Waals surface area contributed by atoms with Crippen LogP contribution >= 0.6 is 0 Å². The Morgan fingerprint density at radius 1 is 1.07 bits per heavy atom. The zero-order valence-corrected chi connectivity index (χ0v) is 25.4. The first-order chi connectivity index (χ1) is 21.9. The van der Waals surface area contributed by atoms with Crippen molar-refractivity contribution in [3.05, 3.63) is 59.7 Å². The third-order valence-corrected chi connectivity index (χ3v) is 10.5. The lowest BCUT2D eigenvalue weighted by Gasteiger charge is -2.27. The van der Waals surface area contributed by atoms with Crippen molar-refractivity contribution in [3.8, 4) is 28.5 Å². The summed E-state index contributed by atoms with van der Waals surface area (Å²) in [6, 6.07) is 16.3. The summed E-state index contributed by atoms with van der Waals surface area (Å²) in [7, 11) is 3.65. The van der Waals surface area contributed by atoms with Crippen LogP contribution in [0, 0.1) is 11.8 Å². The third-order valence-electron chi connectivity index (χ3n) is 10.5. The summed E-state index contributed by atoms with van der Waals surface area (Å²) in [5, 5.41) is 3.96. The number of nitrogens with one attached hydrogen (secondary N) is 1. The Bertz CT molecular complexity index is 2070. The number of nitrogens with zero attached hydrogens (tertiary/aromatic N) is 5. The molecule has 10 nitrogen and oxygen atoms in total. The van der Waals surface area contributed by atoms with Crippen molar-refractivity contribution < 1.29 is 14.3 Å². The molecule has 228 valence electrons. The summed E-state index contributed by atoms with van der Waals surface area (Å²) in [6.45, 7) is 1.58. The Balaban J connectivity index is 1.14. The normalized spacial score (nSPS) is 22.1. The number of hydrogen-bond donors (Lipinski definition) is 2. The number of pyridine rings is 1. The number of imidazole rings is 1. The molecule has 1 saturated heterocycles. The Morgan fingerprint density at radius 3 is 2.69 bits per heavy atom. The second-order valence-electron chi connectivity index (χ2n) is 13.3. The van der Waals surface area contributed by atoms with Gasteiger partial charge in [0, 0.05) is 54.4 Å². The number of benzene rings is 2. The molecule has 3 fully saturated rings. The van der Waals surface area contributed by atoms with Crippen molar-refractivity contribution >= 4 is 39.6 Å². The molecular formula is C35H35N7O3. The monoisotopic (exact) mass is 601 g/mol. The number of fused-ring (bicyclic) bond motifs is 5. The predicted molar refractivity (Wildman–Crippen MR) is 172 cm³/mol. The Labute approximate surface area is 260 Å². The topological polar surface area (TPSA) is 120 Å². The molecule has 3 aromatic heterocycles. The van der Waals surface area contributed by atoms with E-state index in [1.807, 2.05) is 42.3 Å². The average Bonchev–Trinajstić information content (AvgIpc) is 3.26. The number of nitrogens with two attached hydrogens (primary N) is 1. The van der Waals surface area contributed by atoms with Crippen molar-refractivity contribution in [2.45, 2.75) is 50.7 Å². The number of rotatable bonds is 6. The number of carbonyl (C=O) groups excluding carboxylic acids is 2. The number of piperidine rings is 1. The van der Waals surface area contributed by atoms with Gasteiger partial charge in [-0.25, -0.2) is 9.97 Å². The van der Waals surface area contributed by atoms with Gasteiger partial charge in [0.2, 0.25) is 5.91 Å². The lowest BCUT2D eigenvalue weighted by Crippen LogP contribution is -2.41. The van der Waals surface area contributed by atoms with Gasteiger partial charge >= 0.3 is 0 Å². The second kappa shape index (κ2) is 9.65. The van der Waals surface area contributed by atoms with Crippen LogP contribution in [0.4, 0.5) is 5.69 Å². The van der Waals surface area contributed by atoms with Crippen LogP contribution in [0.5, 0.6) is 5.75 Å². The Kier molecular flexibility index (Phi) is 5.72. The summed E-state index contributed by atoms with van der Waals surface area (Å²) >= 11 is 0. The summed E-state index contributed by atoms with van der Waals surface area (Å²) in [5.41, 5.74) is 14.2. The average molecular weight is 602 g/mol. The van der Waals surface area contributed by atoms with Crippen molar-refractivity contribution in [3.63, 3.8) is 0 Å². The van der Waals surface area contributed by atoms with E-state index in [0.717, 1.165) is 82.0 Å². The molecule has 10 heteroatoms. The van der Waals surface area contributed by atoms with Gasteiger partial charge in [-0.3, -0.25) is 9.59 Å². The van der Waals surface area contributed by atoms with Crippen LogP contribution in [0.2, 0.25) is 0 Å². The van der Waals surface area contributed by atoms with Gasteiger partial charge < -0.3 is 29.8 Å². The van der Waals surface area contributed by atoms with E-state index in [9.17, 15) is 9.59 Å². The molecule has 2 unspecified atom stereocenters. The van der Waals surface area contributed by atoms with Crippen molar-refractivity contribution in [2.24, 2.45) is 24.6 Å². The van der Waals surface area contributed by atoms with E-state index in [1.165, 1.54) is 12.8 Å². The molecule has 2 bridgehead atoms. The molecule has 0 spiro atoms. The number of ether oxygens (including phenoxy) is 1. The van der Waals surface area contributed by atoms with Crippen LogP contribution in [0.15, 0.2) is 48.5 Å². The minimum atomic E-state index is -0.00340. The highest BCUT2D eigenvalue weighted by atomic mass is 16.5. The van der Waals surface area contributed by atoms with E-state index in [2.05, 4.69) is 32.7 Å². The zero-order valence-electron chi connectivity index (χ0n) is 25.4. The highest BCUT2D eigenvalue weighted by Gasteiger charge is 2.47. The van der Waals surface area contributed by atoms with Gasteiger partial charge in [-0.2, -0.15) is 0 Å². The summed E-state index contributed by atoms with van der Waals surface area (Å²) in [6.07, 6.45) is 4.86. The molecule has 5 aromatic rings. The van der Waals surface area contributed by atoms with E-state index < -0.39 is 0 Å². The first kappa shape index (κ1) is 26.7. The lowest BCUT2D eigenvalue weighted by atomic mass is 10.1. The maximum absolute atomic E-state index is 13.7. The van der Waals surface area contributed by atoms with Crippen LogP contribution in [-0.2, 0) is 24.8 Å². The van der Waals surface area contributed by atoms with E-state index in [1.54, 1.807) is 7.11 Å². The largest absolute Gasteiger partial charge is 0.494 e. The molecule has 2 aliphatic carbocycles. The van der Waals surface area contributed by atoms with Crippen LogP contribution in [0.1, 0.15) is 41.6 Å². The molecular weight excluding hydrogens is 566 g/mol. The SMILES string of the molecule is COc1cc(C(=O)N2CC3CCC2[C@@H]3N)cc2nc(-c3cc4ccc(-c5ccc6c(c5)CC(=O)N6)nc4n3CC3CC3)n(C)c12. The van der Waals surface area contributed by atoms with E-state index in [0.29, 0.717) is 29.6 Å². The first-order valence-corrected chi connectivity index (χ1v) is 15.9. The van der Waals surface area contributed by atoms with Gasteiger partial charge in [0.15, 0.2) is 5.82 Å². The molecule has 2 aliphatic heterocycles. The highest BCUT2D eigenvalue weighted by Crippen LogP contribution is 2.40. The molecule has 2 amide bonds. The lowest BCUT2D eigenvalue weighted by molar-refractivity contribution is -0.115. The minimum Gasteiger partial charge on any atom is -0.494 e. The number of aryl methyl sites for hydroxylation is 1. The molecule has 45 heavy (non-hydrogen) atoms. The number of hydrogen-bond acceptors (Lipinski definition) is 6.